The van der Waals surface area contributed by atoms with Crippen LogP contribution in [0.15, 0.2) is 15.7 Å². The van der Waals surface area contributed by atoms with Gasteiger partial charge in [0.1, 0.15) is 5.69 Å². The fourth-order valence-electron chi connectivity index (χ4n) is 1.83. The predicted molar refractivity (Wildman–Crippen MR) is 61.0 cm³/mol. The van der Waals surface area contributed by atoms with Gasteiger partial charge in [0.15, 0.2) is 0 Å². The average Bonchev–Trinajstić information content (AvgIpc) is 2.29. The molecule has 0 bridgehead atoms. The van der Waals surface area contributed by atoms with E-state index in [1.807, 2.05) is 4.98 Å². The molecule has 0 aromatic carbocycles. The number of piperidine rings is 1. The van der Waals surface area contributed by atoms with E-state index in [0.29, 0.717) is 6.54 Å². The Hall–Kier alpha value is -1.89. The summed E-state index contributed by atoms with van der Waals surface area (Å²) in [4.78, 5) is 38.1. The summed E-state index contributed by atoms with van der Waals surface area (Å²) < 4.78 is 0. The molecule has 0 unspecified atom stereocenters. The molecule has 1 amide bonds. The van der Waals surface area contributed by atoms with E-state index in [1.54, 1.807) is 0 Å². The lowest BCUT2D eigenvalue weighted by atomic mass is 10.1. The summed E-state index contributed by atoms with van der Waals surface area (Å²) in [7, 11) is 0. The normalized spacial score (nSPS) is 19.9. The molecule has 0 saturated carbocycles. The highest BCUT2D eigenvalue weighted by Gasteiger charge is 2.17. The van der Waals surface area contributed by atoms with Gasteiger partial charge in [0, 0.05) is 18.7 Å². The number of nitrogens with one attached hydrogen (secondary N) is 4. The molecule has 1 aromatic heterocycles. The number of aromatic nitrogens is 2. The van der Waals surface area contributed by atoms with Gasteiger partial charge in [-0.2, -0.15) is 0 Å². The second-order valence-electron chi connectivity index (χ2n) is 4.02. The van der Waals surface area contributed by atoms with Crippen LogP contribution in [0.25, 0.3) is 0 Å². The number of carbonyl (C=O) groups is 1. The topological polar surface area (TPSA) is 107 Å². The van der Waals surface area contributed by atoms with Crippen LogP contribution in [0.1, 0.15) is 23.3 Å². The smallest absolute Gasteiger partial charge is 0.326 e. The number of hydrogen-bond acceptors (Lipinski definition) is 4. The van der Waals surface area contributed by atoms with Crippen molar-refractivity contribution in [2.45, 2.75) is 18.9 Å². The molecular weight excluding hydrogens is 224 g/mol. The number of carbonyl (C=O) groups excluding carboxylic acids is 1. The molecule has 1 saturated heterocycles. The standard InChI is InChI=1S/C10H14N4O3/c15-8-4-7(13-10(17)14-8)9(16)12-6-2-1-3-11-5-6/h4,6,11H,1-3,5H2,(H,12,16)(H2,13,14,15,17)/t6-/m0/s1. The lowest BCUT2D eigenvalue weighted by Gasteiger charge is -2.23. The first-order chi connectivity index (χ1) is 8.15. The zero-order valence-corrected chi connectivity index (χ0v) is 9.21. The Kier molecular flexibility index (Phi) is 3.38. The Labute approximate surface area is 96.6 Å². The molecular formula is C10H14N4O3. The molecule has 1 aliphatic heterocycles. The van der Waals surface area contributed by atoms with Gasteiger partial charge in [0.25, 0.3) is 11.5 Å². The first-order valence-electron chi connectivity index (χ1n) is 5.50. The molecule has 7 nitrogen and oxygen atoms in total. The maximum Gasteiger partial charge on any atom is 0.326 e. The van der Waals surface area contributed by atoms with Crippen LogP contribution in [-0.4, -0.2) is 35.0 Å². The van der Waals surface area contributed by atoms with E-state index in [9.17, 15) is 14.4 Å². The highest BCUT2D eigenvalue weighted by Crippen LogP contribution is 2.01. The van der Waals surface area contributed by atoms with Crippen molar-refractivity contribution < 1.29 is 4.79 Å². The molecule has 1 atom stereocenters. The van der Waals surface area contributed by atoms with Crippen LogP contribution in [0.5, 0.6) is 0 Å². The average molecular weight is 238 g/mol. The second kappa shape index (κ2) is 4.96. The minimum atomic E-state index is -0.676. The van der Waals surface area contributed by atoms with Crippen molar-refractivity contribution in [1.29, 1.82) is 0 Å². The van der Waals surface area contributed by atoms with Gasteiger partial charge < -0.3 is 15.6 Å². The van der Waals surface area contributed by atoms with Gasteiger partial charge in [-0.3, -0.25) is 14.6 Å². The van der Waals surface area contributed by atoms with E-state index < -0.39 is 17.2 Å². The van der Waals surface area contributed by atoms with E-state index in [1.165, 1.54) is 0 Å². The number of rotatable bonds is 2. The van der Waals surface area contributed by atoms with Crippen molar-refractivity contribution >= 4 is 5.91 Å². The van der Waals surface area contributed by atoms with Crippen LogP contribution in [0.3, 0.4) is 0 Å². The summed E-state index contributed by atoms with van der Waals surface area (Å²) >= 11 is 0. The van der Waals surface area contributed by atoms with Crippen LogP contribution in [0.2, 0.25) is 0 Å². The van der Waals surface area contributed by atoms with E-state index >= 15 is 0 Å². The van der Waals surface area contributed by atoms with Crippen LogP contribution in [0.4, 0.5) is 0 Å². The van der Waals surface area contributed by atoms with Gasteiger partial charge in [-0.1, -0.05) is 0 Å². The minimum absolute atomic E-state index is 0.00989. The molecule has 1 aliphatic rings. The van der Waals surface area contributed by atoms with Crippen LogP contribution in [-0.2, 0) is 0 Å². The molecule has 4 N–H and O–H groups in total. The van der Waals surface area contributed by atoms with E-state index in [-0.39, 0.29) is 11.7 Å². The molecule has 0 aliphatic carbocycles. The first-order valence-corrected chi connectivity index (χ1v) is 5.50. The zero-order chi connectivity index (χ0) is 12.3. The summed E-state index contributed by atoms with van der Waals surface area (Å²) in [5.74, 6) is -0.429. The third kappa shape index (κ3) is 3.04. The maximum atomic E-state index is 11.8. The van der Waals surface area contributed by atoms with Gasteiger partial charge >= 0.3 is 5.69 Å². The molecule has 1 aromatic rings. The molecule has 17 heavy (non-hydrogen) atoms. The lowest BCUT2D eigenvalue weighted by molar-refractivity contribution is 0.0925. The monoisotopic (exact) mass is 238 g/mol. The van der Waals surface area contributed by atoms with E-state index in [2.05, 4.69) is 15.6 Å². The lowest BCUT2D eigenvalue weighted by Crippen LogP contribution is -2.46. The van der Waals surface area contributed by atoms with Crippen LogP contribution >= 0.6 is 0 Å². The Balaban J connectivity index is 2.08. The third-order valence-corrected chi connectivity index (χ3v) is 2.64. The molecule has 92 valence electrons. The van der Waals surface area contributed by atoms with Crippen molar-refractivity contribution in [3.63, 3.8) is 0 Å². The predicted octanol–water partition coefficient (Wildman–Crippen LogP) is -1.45. The molecule has 2 rings (SSSR count). The minimum Gasteiger partial charge on any atom is -0.347 e. The highest BCUT2D eigenvalue weighted by molar-refractivity contribution is 5.92. The summed E-state index contributed by atoms with van der Waals surface area (Å²) in [6, 6.07) is 1.12. The third-order valence-electron chi connectivity index (χ3n) is 2.64. The fraction of sp³-hybridized carbons (Fsp3) is 0.500. The van der Waals surface area contributed by atoms with E-state index in [0.717, 1.165) is 25.5 Å². The largest absolute Gasteiger partial charge is 0.347 e. The Morgan fingerprint density at radius 2 is 2.18 bits per heavy atom. The van der Waals surface area contributed by atoms with Gasteiger partial charge in [-0.05, 0) is 19.4 Å². The highest BCUT2D eigenvalue weighted by atomic mass is 16.2. The van der Waals surface area contributed by atoms with Crippen LogP contribution < -0.4 is 21.9 Å². The fourth-order valence-corrected chi connectivity index (χ4v) is 1.83. The first kappa shape index (κ1) is 11.6. The Morgan fingerprint density at radius 1 is 1.35 bits per heavy atom. The van der Waals surface area contributed by atoms with E-state index in [4.69, 9.17) is 0 Å². The number of amides is 1. The second-order valence-corrected chi connectivity index (χ2v) is 4.02. The van der Waals surface area contributed by atoms with Crippen molar-refractivity contribution in [3.05, 3.63) is 32.6 Å². The Bertz CT molecular complexity index is 485. The van der Waals surface area contributed by atoms with Crippen LogP contribution in [0, 0.1) is 0 Å². The summed E-state index contributed by atoms with van der Waals surface area (Å²) in [6.45, 7) is 1.66. The number of H-pyrrole nitrogens is 2. The Morgan fingerprint density at radius 3 is 2.82 bits per heavy atom. The number of aromatic amines is 2. The molecule has 0 radical (unpaired) electrons. The SMILES string of the molecule is O=C(N[C@H]1CCCNC1)c1cc(=O)[nH]c(=O)[nH]1. The van der Waals surface area contributed by atoms with Crippen molar-refractivity contribution in [3.8, 4) is 0 Å². The van der Waals surface area contributed by atoms with Gasteiger partial charge in [-0.25, -0.2) is 4.79 Å². The summed E-state index contributed by atoms with van der Waals surface area (Å²) in [5, 5.41) is 5.93. The van der Waals surface area contributed by atoms with Crippen molar-refractivity contribution in [2.24, 2.45) is 0 Å². The number of hydrogen-bond donors (Lipinski definition) is 4. The van der Waals surface area contributed by atoms with Gasteiger partial charge in [0.2, 0.25) is 0 Å². The summed E-state index contributed by atoms with van der Waals surface area (Å²) in [6.07, 6.45) is 1.89. The quantitative estimate of drug-likeness (QED) is 0.505. The molecule has 2 heterocycles. The van der Waals surface area contributed by atoms with Gasteiger partial charge in [-0.15, -0.1) is 0 Å². The van der Waals surface area contributed by atoms with Crippen molar-refractivity contribution in [2.75, 3.05) is 13.1 Å². The zero-order valence-electron chi connectivity index (χ0n) is 9.21. The maximum absolute atomic E-state index is 11.8. The summed E-state index contributed by atoms with van der Waals surface area (Å²) in [5.41, 5.74) is -1.27. The van der Waals surface area contributed by atoms with Gasteiger partial charge in [0.05, 0.1) is 0 Å². The molecule has 7 heteroatoms. The molecule has 1 fully saturated rings. The van der Waals surface area contributed by atoms with Crippen molar-refractivity contribution in [1.82, 2.24) is 20.6 Å². The molecule has 0 spiro atoms.